The minimum absolute atomic E-state index is 0.00245. The summed E-state index contributed by atoms with van der Waals surface area (Å²) in [4.78, 5) is 64.9. The zero-order valence-corrected chi connectivity index (χ0v) is 23.2. The number of aromatic amines is 2. The van der Waals surface area contributed by atoms with E-state index in [2.05, 4.69) is 35.9 Å². The third kappa shape index (κ3) is 9.95. The molecule has 0 bridgehead atoms. The Hall–Kier alpha value is -4.37. The maximum Gasteiger partial charge on any atom is 0.326 e. The van der Waals surface area contributed by atoms with Crippen LogP contribution >= 0.6 is 11.8 Å². The molecule has 0 radical (unpaired) electrons. The molecule has 4 atom stereocenters. The van der Waals surface area contributed by atoms with Gasteiger partial charge in [-0.3, -0.25) is 14.4 Å². The molecule has 41 heavy (non-hydrogen) atoms. The van der Waals surface area contributed by atoms with Gasteiger partial charge in [0.2, 0.25) is 17.7 Å². The van der Waals surface area contributed by atoms with Crippen LogP contribution in [-0.4, -0.2) is 90.0 Å². The lowest BCUT2D eigenvalue weighted by Gasteiger charge is -2.25. The molecule has 2 heterocycles. The molecule has 0 fully saturated rings. The number of aromatic hydroxyl groups is 1. The van der Waals surface area contributed by atoms with Crippen LogP contribution in [0.3, 0.4) is 0 Å². The van der Waals surface area contributed by atoms with E-state index in [1.54, 1.807) is 12.1 Å². The summed E-state index contributed by atoms with van der Waals surface area (Å²) in [5.74, 6) is -2.53. The zero-order chi connectivity index (χ0) is 29.8. The topological polar surface area (TPSA) is 228 Å². The third-order valence-electron chi connectivity index (χ3n) is 6.18. The number of rotatable bonds is 16. The average Bonchev–Trinajstić information content (AvgIpc) is 3.65. The molecule has 1 aromatic carbocycles. The number of amides is 3. The predicted molar refractivity (Wildman–Crippen MR) is 151 cm³/mol. The molecule has 0 saturated heterocycles. The largest absolute Gasteiger partial charge is 0.508 e. The number of phenols is 1. The molecule has 0 saturated carbocycles. The van der Waals surface area contributed by atoms with Gasteiger partial charge in [0.05, 0.1) is 18.7 Å². The Morgan fingerprint density at radius 2 is 1.39 bits per heavy atom. The molecule has 0 spiro atoms. The summed E-state index contributed by atoms with van der Waals surface area (Å²) >= 11 is 1.48. The van der Waals surface area contributed by atoms with Crippen LogP contribution in [-0.2, 0) is 38.4 Å². The van der Waals surface area contributed by atoms with Crippen LogP contribution in [0.25, 0.3) is 0 Å². The van der Waals surface area contributed by atoms with Crippen molar-refractivity contribution >= 4 is 35.5 Å². The van der Waals surface area contributed by atoms with Crippen LogP contribution in [0.5, 0.6) is 5.75 Å². The van der Waals surface area contributed by atoms with Crippen LogP contribution in [0.2, 0.25) is 0 Å². The Morgan fingerprint density at radius 3 is 1.93 bits per heavy atom. The van der Waals surface area contributed by atoms with Crippen LogP contribution in [0, 0.1) is 0 Å². The third-order valence-corrected chi connectivity index (χ3v) is 6.82. The first-order chi connectivity index (χ1) is 19.7. The van der Waals surface area contributed by atoms with Crippen molar-refractivity contribution in [2.24, 2.45) is 5.73 Å². The van der Waals surface area contributed by atoms with Gasteiger partial charge in [0.15, 0.2) is 0 Å². The van der Waals surface area contributed by atoms with E-state index in [1.165, 1.54) is 48.9 Å². The van der Waals surface area contributed by atoms with Crippen LogP contribution in [0.4, 0.5) is 0 Å². The van der Waals surface area contributed by atoms with Crippen molar-refractivity contribution in [2.75, 3.05) is 12.0 Å². The van der Waals surface area contributed by atoms with Crippen molar-refractivity contribution in [1.29, 1.82) is 0 Å². The highest BCUT2D eigenvalue weighted by molar-refractivity contribution is 7.98. The number of aromatic nitrogens is 4. The standard InChI is InChI=1S/C26H34N8O6S/c1-41-7-6-20(32-23(36)19(27)8-15-2-4-18(35)5-3-15)24(37)33-21(9-16-11-28-13-30-16)25(38)34-22(26(39)40)10-17-12-29-14-31-17/h2-5,11-14,19-22,35H,6-10,27H2,1H3,(H,28,30)(H,29,31)(H,32,36)(H,33,37)(H,34,38)(H,39,40). The molecule has 220 valence electrons. The molecule has 2 aromatic heterocycles. The van der Waals surface area contributed by atoms with E-state index in [0.717, 1.165) is 5.56 Å². The van der Waals surface area contributed by atoms with Crippen molar-refractivity contribution in [3.63, 3.8) is 0 Å². The molecule has 14 nitrogen and oxygen atoms in total. The number of carboxylic acid groups (broad SMARTS) is 1. The lowest BCUT2D eigenvalue weighted by molar-refractivity contribution is -0.142. The quantitative estimate of drug-likeness (QED) is 0.107. The number of carbonyl (C=O) groups excluding carboxylic acids is 3. The molecule has 3 aromatic rings. The van der Waals surface area contributed by atoms with E-state index in [4.69, 9.17) is 5.73 Å². The summed E-state index contributed by atoms with van der Waals surface area (Å²) in [7, 11) is 0. The summed E-state index contributed by atoms with van der Waals surface area (Å²) in [5.41, 5.74) is 7.87. The Morgan fingerprint density at radius 1 is 0.854 bits per heavy atom. The Kier molecular flexibility index (Phi) is 11.7. The van der Waals surface area contributed by atoms with E-state index >= 15 is 0 Å². The number of imidazole rings is 2. The second-order valence-electron chi connectivity index (χ2n) is 9.34. The Bertz CT molecular complexity index is 1270. The van der Waals surface area contributed by atoms with Gasteiger partial charge in [0.25, 0.3) is 0 Å². The molecule has 9 N–H and O–H groups in total. The lowest BCUT2D eigenvalue weighted by Crippen LogP contribution is -2.58. The number of phenolic OH excluding ortho intramolecular Hbond substituents is 1. The molecule has 15 heteroatoms. The Labute approximate surface area is 240 Å². The van der Waals surface area contributed by atoms with Crippen LogP contribution in [0.15, 0.2) is 49.3 Å². The van der Waals surface area contributed by atoms with Gasteiger partial charge in [-0.2, -0.15) is 11.8 Å². The number of benzene rings is 1. The monoisotopic (exact) mass is 586 g/mol. The molecule has 4 unspecified atom stereocenters. The van der Waals surface area contributed by atoms with Gasteiger partial charge >= 0.3 is 5.97 Å². The Balaban J connectivity index is 1.71. The number of carbonyl (C=O) groups is 4. The van der Waals surface area contributed by atoms with Crippen molar-refractivity contribution in [1.82, 2.24) is 35.9 Å². The van der Waals surface area contributed by atoms with Crippen LogP contribution in [0.1, 0.15) is 23.4 Å². The SMILES string of the molecule is CSCCC(NC(=O)C(N)Cc1ccc(O)cc1)C(=O)NC(Cc1cnc[nH]1)C(=O)NC(Cc1cnc[nH]1)C(=O)O. The van der Waals surface area contributed by atoms with Crippen molar-refractivity contribution in [3.05, 3.63) is 66.3 Å². The van der Waals surface area contributed by atoms with Crippen LogP contribution < -0.4 is 21.7 Å². The second kappa shape index (κ2) is 15.4. The van der Waals surface area contributed by atoms with Gasteiger partial charge in [-0.05, 0) is 42.5 Å². The molecule has 0 aliphatic carbocycles. The lowest BCUT2D eigenvalue weighted by atomic mass is 10.0. The minimum Gasteiger partial charge on any atom is -0.508 e. The summed E-state index contributed by atoms with van der Waals surface area (Å²) in [6.45, 7) is 0. The maximum absolute atomic E-state index is 13.4. The molecule has 0 aliphatic heterocycles. The van der Waals surface area contributed by atoms with Gasteiger partial charge < -0.3 is 41.9 Å². The number of nitrogens with one attached hydrogen (secondary N) is 5. The van der Waals surface area contributed by atoms with E-state index in [-0.39, 0.29) is 31.4 Å². The van der Waals surface area contributed by atoms with Gasteiger partial charge in [-0.25, -0.2) is 14.8 Å². The minimum atomic E-state index is -1.28. The second-order valence-corrected chi connectivity index (χ2v) is 10.3. The summed E-state index contributed by atoms with van der Waals surface area (Å²) in [6.07, 6.45) is 8.01. The predicted octanol–water partition coefficient (Wildman–Crippen LogP) is -0.514. The molecule has 0 aliphatic rings. The fraction of sp³-hybridized carbons (Fsp3) is 0.385. The normalized spacial score (nSPS) is 13.9. The van der Waals surface area contributed by atoms with E-state index in [9.17, 15) is 29.4 Å². The van der Waals surface area contributed by atoms with E-state index in [0.29, 0.717) is 17.1 Å². The number of hydrogen-bond donors (Lipinski definition) is 8. The van der Waals surface area contributed by atoms with E-state index < -0.39 is 47.9 Å². The van der Waals surface area contributed by atoms with Gasteiger partial charge in [0, 0.05) is 36.6 Å². The smallest absolute Gasteiger partial charge is 0.326 e. The number of hydrogen-bond acceptors (Lipinski definition) is 9. The number of carboxylic acids is 1. The first-order valence-corrected chi connectivity index (χ1v) is 14.2. The van der Waals surface area contributed by atoms with Gasteiger partial charge in [-0.1, -0.05) is 12.1 Å². The molecular weight excluding hydrogens is 552 g/mol. The highest BCUT2D eigenvalue weighted by Crippen LogP contribution is 2.11. The number of nitrogens with zero attached hydrogens (tertiary/aromatic N) is 2. The zero-order valence-electron chi connectivity index (χ0n) is 22.4. The maximum atomic E-state index is 13.4. The number of nitrogens with two attached hydrogens (primary N) is 1. The fourth-order valence-electron chi connectivity index (χ4n) is 3.95. The summed E-state index contributed by atoms with van der Waals surface area (Å²) < 4.78 is 0. The number of H-pyrrole nitrogens is 2. The van der Waals surface area contributed by atoms with Gasteiger partial charge in [0.1, 0.15) is 23.9 Å². The van der Waals surface area contributed by atoms with E-state index in [1.807, 2.05) is 6.26 Å². The number of aliphatic carboxylic acids is 1. The first-order valence-electron chi connectivity index (χ1n) is 12.8. The van der Waals surface area contributed by atoms with Gasteiger partial charge in [-0.15, -0.1) is 0 Å². The molecular formula is C26H34N8O6S. The van der Waals surface area contributed by atoms with Crippen molar-refractivity contribution in [2.45, 2.75) is 49.9 Å². The fourth-order valence-corrected chi connectivity index (χ4v) is 4.42. The first kappa shape index (κ1) is 31.2. The number of thioether (sulfide) groups is 1. The highest BCUT2D eigenvalue weighted by Gasteiger charge is 2.31. The van der Waals surface area contributed by atoms with Crippen molar-refractivity contribution < 1.29 is 29.4 Å². The molecule has 3 rings (SSSR count). The molecule has 3 amide bonds. The summed E-state index contributed by atoms with van der Waals surface area (Å²) in [5, 5.41) is 27.0. The van der Waals surface area contributed by atoms with Crippen molar-refractivity contribution in [3.8, 4) is 5.75 Å². The summed E-state index contributed by atoms with van der Waals surface area (Å²) in [6, 6.07) is 1.85. The highest BCUT2D eigenvalue weighted by atomic mass is 32.2. The average molecular weight is 587 g/mol.